The van der Waals surface area contributed by atoms with Gasteiger partial charge in [-0.25, -0.2) is 9.37 Å². The van der Waals surface area contributed by atoms with Crippen LogP contribution in [0, 0.1) is 0 Å². The Kier molecular flexibility index (Phi) is 8.44. The molecule has 196 valence electrons. The highest BCUT2D eigenvalue weighted by Gasteiger charge is 2.30. The van der Waals surface area contributed by atoms with Crippen molar-refractivity contribution in [1.29, 1.82) is 0 Å². The Hall–Kier alpha value is -3.45. The highest BCUT2D eigenvalue weighted by Crippen LogP contribution is 2.32. The molecule has 0 radical (unpaired) electrons. The fraction of sp³-hybridized carbons (Fsp3) is 0.400. The fourth-order valence-electron chi connectivity index (χ4n) is 5.14. The summed E-state index contributed by atoms with van der Waals surface area (Å²) in [6.45, 7) is 6.97. The number of hydrogen-bond donors (Lipinski definition) is 2. The predicted molar refractivity (Wildman–Crippen MR) is 149 cm³/mol. The predicted octanol–water partition coefficient (Wildman–Crippen LogP) is 4.86. The molecular formula is C30H38FN5O. The van der Waals surface area contributed by atoms with Crippen LogP contribution in [0.5, 0.6) is 0 Å². The molecule has 2 atom stereocenters. The van der Waals surface area contributed by atoms with Crippen LogP contribution in [0.1, 0.15) is 47.7 Å². The van der Waals surface area contributed by atoms with E-state index in [1.165, 1.54) is 11.1 Å². The Morgan fingerprint density at radius 3 is 2.62 bits per heavy atom. The first kappa shape index (κ1) is 26.6. The van der Waals surface area contributed by atoms with Gasteiger partial charge in [-0.2, -0.15) is 0 Å². The number of allylic oxidation sites excluding steroid dienone is 4. The van der Waals surface area contributed by atoms with Crippen molar-refractivity contribution < 1.29 is 9.18 Å². The van der Waals surface area contributed by atoms with Crippen LogP contribution in [-0.2, 0) is 0 Å². The summed E-state index contributed by atoms with van der Waals surface area (Å²) in [6.07, 6.45) is 6.14. The van der Waals surface area contributed by atoms with E-state index in [9.17, 15) is 4.79 Å². The third kappa shape index (κ3) is 6.28. The lowest BCUT2D eigenvalue weighted by Crippen LogP contribution is -2.41. The normalized spacial score (nSPS) is 20.8. The summed E-state index contributed by atoms with van der Waals surface area (Å²) in [5.41, 5.74) is 7.34. The van der Waals surface area contributed by atoms with E-state index in [0.29, 0.717) is 12.1 Å². The number of nitrogens with one attached hydrogen (secondary N) is 2. The zero-order valence-corrected chi connectivity index (χ0v) is 22.5. The summed E-state index contributed by atoms with van der Waals surface area (Å²) >= 11 is 0. The minimum atomic E-state index is -0.943. The molecule has 37 heavy (non-hydrogen) atoms. The lowest BCUT2D eigenvalue weighted by molar-refractivity contribution is 0.0827. The largest absolute Gasteiger partial charge is 0.385 e. The standard InChI is InChI=1S/C30H38FN5O/c1-20(16-27-21(2)33-14-12-25(27)24-10-11-29(32-3)34-17-24)18-36-15-13-26(28(31)19-36)22-6-8-23(9-7-22)30(37)35(4)5/h6-12,16-17,26,28,33H,13-15,18-19H2,1-5H3,(H,32,34)/b20-16+. The number of anilines is 1. The molecule has 4 rings (SSSR count). The molecule has 1 aromatic heterocycles. The number of pyridine rings is 1. The fourth-order valence-corrected chi connectivity index (χ4v) is 5.14. The number of carbonyl (C=O) groups is 1. The maximum absolute atomic E-state index is 15.3. The zero-order valence-electron chi connectivity index (χ0n) is 22.5. The second kappa shape index (κ2) is 11.7. The van der Waals surface area contributed by atoms with Crippen molar-refractivity contribution in [2.24, 2.45) is 0 Å². The van der Waals surface area contributed by atoms with E-state index in [2.05, 4.69) is 52.6 Å². The molecule has 1 saturated heterocycles. The van der Waals surface area contributed by atoms with Crippen LogP contribution in [0.4, 0.5) is 10.2 Å². The Labute approximate surface area is 220 Å². The van der Waals surface area contributed by atoms with E-state index in [1.807, 2.05) is 43.6 Å². The highest BCUT2D eigenvalue weighted by molar-refractivity contribution is 5.93. The highest BCUT2D eigenvalue weighted by atomic mass is 19.1. The van der Waals surface area contributed by atoms with Gasteiger partial charge in [-0.3, -0.25) is 9.69 Å². The molecule has 2 aromatic rings. The number of piperidine rings is 1. The second-order valence-electron chi connectivity index (χ2n) is 10.2. The molecule has 2 N–H and O–H groups in total. The molecule has 0 saturated carbocycles. The second-order valence-corrected chi connectivity index (χ2v) is 10.2. The Balaban J connectivity index is 1.41. The molecule has 7 heteroatoms. The zero-order chi connectivity index (χ0) is 26.5. The summed E-state index contributed by atoms with van der Waals surface area (Å²) < 4.78 is 15.3. The molecule has 2 unspecified atom stereocenters. The smallest absolute Gasteiger partial charge is 0.253 e. The quantitative estimate of drug-likeness (QED) is 0.565. The number of amides is 1. The van der Waals surface area contributed by atoms with Gasteiger partial charge in [-0.05, 0) is 62.2 Å². The summed E-state index contributed by atoms with van der Waals surface area (Å²) in [5.74, 6) is 0.664. The van der Waals surface area contributed by atoms with Gasteiger partial charge in [0.25, 0.3) is 5.91 Å². The van der Waals surface area contributed by atoms with Gasteiger partial charge in [-0.15, -0.1) is 0 Å². The molecule has 1 amide bonds. The number of alkyl halides is 1. The van der Waals surface area contributed by atoms with Crippen LogP contribution < -0.4 is 10.6 Å². The van der Waals surface area contributed by atoms with Crippen LogP contribution in [0.3, 0.4) is 0 Å². The maximum Gasteiger partial charge on any atom is 0.253 e. The van der Waals surface area contributed by atoms with Crippen molar-refractivity contribution >= 4 is 17.3 Å². The third-order valence-electron chi connectivity index (χ3n) is 7.18. The van der Waals surface area contributed by atoms with E-state index >= 15 is 4.39 Å². The molecule has 0 aliphatic carbocycles. The average Bonchev–Trinajstić information content (AvgIpc) is 2.89. The van der Waals surface area contributed by atoms with E-state index in [1.54, 1.807) is 19.0 Å². The first-order chi connectivity index (χ1) is 17.8. The molecular weight excluding hydrogens is 465 g/mol. The van der Waals surface area contributed by atoms with Crippen LogP contribution in [0.15, 0.2) is 71.6 Å². The van der Waals surface area contributed by atoms with Crippen LogP contribution in [0.25, 0.3) is 5.57 Å². The molecule has 3 heterocycles. The maximum atomic E-state index is 15.3. The van der Waals surface area contributed by atoms with Crippen LogP contribution in [-0.4, -0.2) is 74.2 Å². The van der Waals surface area contributed by atoms with Crippen molar-refractivity contribution in [3.05, 3.63) is 88.3 Å². The minimum Gasteiger partial charge on any atom is -0.385 e. The van der Waals surface area contributed by atoms with Gasteiger partial charge in [0, 0.05) is 75.3 Å². The number of hydrogen-bond acceptors (Lipinski definition) is 5. The number of carbonyl (C=O) groups excluding carboxylic acids is 1. The number of likely N-dealkylation sites (tertiary alicyclic amines) is 1. The van der Waals surface area contributed by atoms with E-state index < -0.39 is 6.17 Å². The van der Waals surface area contributed by atoms with E-state index in [0.717, 1.165) is 54.3 Å². The van der Waals surface area contributed by atoms with E-state index in [4.69, 9.17) is 0 Å². The molecule has 1 aromatic carbocycles. The number of benzene rings is 1. The van der Waals surface area contributed by atoms with Crippen molar-refractivity contribution in [2.75, 3.05) is 52.6 Å². The number of nitrogens with zero attached hydrogens (tertiary/aromatic N) is 3. The molecule has 2 aliphatic heterocycles. The van der Waals surface area contributed by atoms with E-state index in [-0.39, 0.29) is 11.8 Å². The topological polar surface area (TPSA) is 60.5 Å². The summed E-state index contributed by atoms with van der Waals surface area (Å²) in [6, 6.07) is 11.5. The van der Waals surface area contributed by atoms with Gasteiger partial charge in [0.15, 0.2) is 0 Å². The van der Waals surface area contributed by atoms with Crippen molar-refractivity contribution in [3.63, 3.8) is 0 Å². The third-order valence-corrected chi connectivity index (χ3v) is 7.18. The van der Waals surface area contributed by atoms with Crippen molar-refractivity contribution in [3.8, 4) is 0 Å². The molecule has 0 bridgehead atoms. The minimum absolute atomic E-state index is 0.0387. The SMILES string of the molecule is CNc1ccc(C2=CCNC(C)=C2/C=C(\C)CN2CCC(c3ccc(C(=O)N(C)C)cc3)C(F)C2)cn1. The van der Waals surface area contributed by atoms with Crippen molar-refractivity contribution in [1.82, 2.24) is 20.1 Å². The van der Waals surface area contributed by atoms with Gasteiger partial charge >= 0.3 is 0 Å². The first-order valence-electron chi connectivity index (χ1n) is 12.9. The molecule has 1 fully saturated rings. The van der Waals surface area contributed by atoms with Gasteiger partial charge in [0.1, 0.15) is 12.0 Å². The molecule has 2 aliphatic rings. The molecule has 0 spiro atoms. The van der Waals surface area contributed by atoms with Crippen LogP contribution >= 0.6 is 0 Å². The lowest BCUT2D eigenvalue weighted by Gasteiger charge is -2.35. The van der Waals surface area contributed by atoms with Gasteiger partial charge in [-0.1, -0.05) is 29.9 Å². The lowest BCUT2D eigenvalue weighted by atomic mass is 9.87. The van der Waals surface area contributed by atoms with Crippen LogP contribution in [0.2, 0.25) is 0 Å². The summed E-state index contributed by atoms with van der Waals surface area (Å²) in [5, 5.41) is 6.50. The van der Waals surface area contributed by atoms with Gasteiger partial charge in [0.05, 0.1) is 0 Å². The molecule has 6 nitrogen and oxygen atoms in total. The number of halogens is 1. The Morgan fingerprint density at radius 1 is 1.24 bits per heavy atom. The summed E-state index contributed by atoms with van der Waals surface area (Å²) in [4.78, 5) is 20.4. The first-order valence-corrected chi connectivity index (χ1v) is 12.9. The number of aromatic nitrogens is 1. The van der Waals surface area contributed by atoms with Crippen molar-refractivity contribution in [2.45, 2.75) is 32.4 Å². The summed E-state index contributed by atoms with van der Waals surface area (Å²) in [7, 11) is 5.33. The Morgan fingerprint density at radius 2 is 2.00 bits per heavy atom. The van der Waals surface area contributed by atoms with Gasteiger partial charge in [0.2, 0.25) is 0 Å². The number of dihydropyridines is 1. The average molecular weight is 504 g/mol. The monoisotopic (exact) mass is 503 g/mol. The van der Waals surface area contributed by atoms with Gasteiger partial charge < -0.3 is 15.5 Å². The Bertz CT molecular complexity index is 1200. The number of rotatable bonds is 7.